The van der Waals surface area contributed by atoms with Crippen molar-refractivity contribution in [2.24, 2.45) is 0 Å². The van der Waals surface area contributed by atoms with E-state index in [1.807, 2.05) is 12.4 Å². The Hall–Kier alpha value is -1.00. The molecule has 0 saturated carbocycles. The van der Waals surface area contributed by atoms with Gasteiger partial charge in [-0.1, -0.05) is 13.8 Å². The first-order valence-electron chi connectivity index (χ1n) is 6.37. The van der Waals surface area contributed by atoms with Crippen molar-refractivity contribution >= 4 is 0 Å². The number of rotatable bonds is 3. The zero-order valence-corrected chi connectivity index (χ0v) is 11.1. The smallest absolute Gasteiger partial charge is 0.130 e. The van der Waals surface area contributed by atoms with Crippen molar-refractivity contribution in [3.63, 3.8) is 0 Å². The van der Waals surface area contributed by atoms with Crippen LogP contribution in [0.4, 0.5) is 0 Å². The fourth-order valence-electron chi connectivity index (χ4n) is 2.01. The summed E-state index contributed by atoms with van der Waals surface area (Å²) in [4.78, 5) is 13.7. The Morgan fingerprint density at radius 1 is 1.12 bits per heavy atom. The molecule has 0 N–H and O–H groups in total. The lowest BCUT2D eigenvalue weighted by Crippen LogP contribution is -2.43. The molecule has 1 fully saturated rings. The van der Waals surface area contributed by atoms with Crippen molar-refractivity contribution in [1.82, 2.24) is 19.8 Å². The van der Waals surface area contributed by atoms with Gasteiger partial charge in [-0.25, -0.2) is 9.97 Å². The molecule has 0 bridgehead atoms. The number of piperazine rings is 1. The summed E-state index contributed by atoms with van der Waals surface area (Å²) in [5.41, 5.74) is 1.22. The molecule has 1 aliphatic heterocycles. The summed E-state index contributed by atoms with van der Waals surface area (Å²) in [6.45, 7) is 9.82. The number of nitrogens with zero attached hydrogens (tertiary/aromatic N) is 4. The Bertz CT molecular complexity index is 339. The summed E-state index contributed by atoms with van der Waals surface area (Å²) in [7, 11) is 2.18. The van der Waals surface area contributed by atoms with Gasteiger partial charge >= 0.3 is 0 Å². The van der Waals surface area contributed by atoms with Crippen molar-refractivity contribution in [3.05, 3.63) is 23.8 Å². The van der Waals surface area contributed by atoms with Crippen LogP contribution in [0.2, 0.25) is 0 Å². The Morgan fingerprint density at radius 2 is 1.71 bits per heavy atom. The van der Waals surface area contributed by atoms with Crippen LogP contribution >= 0.6 is 0 Å². The van der Waals surface area contributed by atoms with Crippen LogP contribution < -0.4 is 0 Å². The monoisotopic (exact) mass is 234 g/mol. The standard InChI is InChI=1S/C13H22N4/c1-11(2)13-14-8-12(9-15-13)10-17-6-4-16(3)5-7-17/h8-9,11H,4-7,10H2,1-3H3. The van der Waals surface area contributed by atoms with Gasteiger partial charge in [0.15, 0.2) is 0 Å². The number of hydrogen-bond donors (Lipinski definition) is 0. The molecule has 1 aromatic rings. The number of hydrogen-bond acceptors (Lipinski definition) is 4. The minimum atomic E-state index is 0.410. The molecule has 17 heavy (non-hydrogen) atoms. The van der Waals surface area contributed by atoms with Crippen LogP contribution in [0.3, 0.4) is 0 Å². The zero-order chi connectivity index (χ0) is 12.3. The van der Waals surface area contributed by atoms with Crippen LogP contribution in [-0.4, -0.2) is 53.0 Å². The van der Waals surface area contributed by atoms with Gasteiger partial charge in [-0.15, -0.1) is 0 Å². The minimum absolute atomic E-state index is 0.410. The highest BCUT2D eigenvalue weighted by Gasteiger charge is 2.14. The van der Waals surface area contributed by atoms with Crippen molar-refractivity contribution in [2.45, 2.75) is 26.3 Å². The van der Waals surface area contributed by atoms with Gasteiger partial charge in [0.2, 0.25) is 0 Å². The quantitative estimate of drug-likeness (QED) is 0.790. The topological polar surface area (TPSA) is 32.3 Å². The molecule has 2 heterocycles. The number of likely N-dealkylation sites (N-methyl/N-ethyl adjacent to an activating group) is 1. The predicted octanol–water partition coefficient (Wildman–Crippen LogP) is 1.35. The summed E-state index contributed by atoms with van der Waals surface area (Å²) < 4.78 is 0. The highest BCUT2D eigenvalue weighted by molar-refractivity contribution is 5.06. The molecule has 0 amide bonds. The molecular weight excluding hydrogens is 212 g/mol. The van der Waals surface area contributed by atoms with E-state index in [1.54, 1.807) is 0 Å². The van der Waals surface area contributed by atoms with E-state index < -0.39 is 0 Å². The zero-order valence-electron chi connectivity index (χ0n) is 11.1. The van der Waals surface area contributed by atoms with Crippen LogP contribution in [0.1, 0.15) is 31.2 Å². The van der Waals surface area contributed by atoms with Crippen molar-refractivity contribution in [2.75, 3.05) is 33.2 Å². The molecule has 2 rings (SSSR count). The van der Waals surface area contributed by atoms with E-state index in [0.717, 1.165) is 38.5 Å². The molecule has 0 atom stereocenters. The highest BCUT2D eigenvalue weighted by Crippen LogP contribution is 2.10. The highest BCUT2D eigenvalue weighted by atomic mass is 15.2. The molecule has 0 unspecified atom stereocenters. The third kappa shape index (κ3) is 3.48. The van der Waals surface area contributed by atoms with Crippen molar-refractivity contribution < 1.29 is 0 Å². The van der Waals surface area contributed by atoms with Gasteiger partial charge in [0.05, 0.1) is 0 Å². The van der Waals surface area contributed by atoms with Crippen molar-refractivity contribution in [1.29, 1.82) is 0 Å². The average molecular weight is 234 g/mol. The van der Waals surface area contributed by atoms with Gasteiger partial charge in [0, 0.05) is 56.6 Å². The summed E-state index contributed by atoms with van der Waals surface area (Å²) in [5.74, 6) is 1.35. The summed E-state index contributed by atoms with van der Waals surface area (Å²) in [6.07, 6.45) is 3.95. The molecule has 1 aliphatic rings. The molecule has 4 nitrogen and oxygen atoms in total. The average Bonchev–Trinajstić information content (AvgIpc) is 2.33. The van der Waals surface area contributed by atoms with E-state index in [0.29, 0.717) is 5.92 Å². The second-order valence-electron chi connectivity index (χ2n) is 5.18. The summed E-state index contributed by atoms with van der Waals surface area (Å²) >= 11 is 0. The predicted molar refractivity (Wildman–Crippen MR) is 68.9 cm³/mol. The maximum Gasteiger partial charge on any atom is 0.130 e. The summed E-state index contributed by atoms with van der Waals surface area (Å²) in [6, 6.07) is 0. The van der Waals surface area contributed by atoms with E-state index in [1.165, 1.54) is 5.56 Å². The first-order valence-corrected chi connectivity index (χ1v) is 6.37. The van der Waals surface area contributed by atoms with Crippen molar-refractivity contribution in [3.8, 4) is 0 Å². The van der Waals surface area contributed by atoms with Gasteiger partial charge < -0.3 is 4.90 Å². The van der Waals surface area contributed by atoms with Gasteiger partial charge in [-0.3, -0.25) is 4.90 Å². The van der Waals surface area contributed by atoms with Crippen LogP contribution in [-0.2, 0) is 6.54 Å². The van der Waals surface area contributed by atoms with E-state index in [-0.39, 0.29) is 0 Å². The molecule has 0 spiro atoms. The lowest BCUT2D eigenvalue weighted by atomic mass is 10.2. The van der Waals surface area contributed by atoms with E-state index in [9.17, 15) is 0 Å². The van der Waals surface area contributed by atoms with Crippen LogP contribution in [0.15, 0.2) is 12.4 Å². The SMILES string of the molecule is CC(C)c1ncc(CN2CCN(C)CC2)cn1. The second-order valence-corrected chi connectivity index (χ2v) is 5.18. The van der Waals surface area contributed by atoms with E-state index >= 15 is 0 Å². The maximum absolute atomic E-state index is 4.41. The van der Waals surface area contributed by atoms with Crippen LogP contribution in [0, 0.1) is 0 Å². The first-order chi connectivity index (χ1) is 8.15. The first kappa shape index (κ1) is 12.5. The Labute approximate surface area is 104 Å². The molecule has 0 radical (unpaired) electrons. The third-order valence-electron chi connectivity index (χ3n) is 3.24. The van der Waals surface area contributed by atoms with Gasteiger partial charge in [0.25, 0.3) is 0 Å². The fraction of sp³-hybridized carbons (Fsp3) is 0.692. The molecule has 94 valence electrons. The molecule has 1 aromatic heterocycles. The minimum Gasteiger partial charge on any atom is -0.304 e. The largest absolute Gasteiger partial charge is 0.304 e. The lowest BCUT2D eigenvalue weighted by Gasteiger charge is -2.32. The lowest BCUT2D eigenvalue weighted by molar-refractivity contribution is 0.148. The van der Waals surface area contributed by atoms with E-state index in [2.05, 4.69) is 40.7 Å². The Kier molecular flexibility index (Phi) is 4.07. The Balaban J connectivity index is 1.90. The third-order valence-corrected chi connectivity index (χ3v) is 3.24. The van der Waals surface area contributed by atoms with Crippen LogP contribution in [0.5, 0.6) is 0 Å². The normalized spacial score (nSPS) is 18.8. The molecule has 0 aromatic carbocycles. The van der Waals surface area contributed by atoms with Gasteiger partial charge in [-0.2, -0.15) is 0 Å². The molecular formula is C13H22N4. The number of aromatic nitrogens is 2. The molecule has 1 saturated heterocycles. The Morgan fingerprint density at radius 3 is 2.24 bits per heavy atom. The van der Waals surface area contributed by atoms with Gasteiger partial charge in [0.1, 0.15) is 5.82 Å². The van der Waals surface area contributed by atoms with E-state index in [4.69, 9.17) is 0 Å². The maximum atomic E-state index is 4.41. The molecule has 4 heteroatoms. The second kappa shape index (κ2) is 5.56. The summed E-state index contributed by atoms with van der Waals surface area (Å²) in [5, 5.41) is 0. The molecule has 0 aliphatic carbocycles. The van der Waals surface area contributed by atoms with Gasteiger partial charge in [-0.05, 0) is 7.05 Å². The fourth-order valence-corrected chi connectivity index (χ4v) is 2.01. The van der Waals surface area contributed by atoms with Crippen LogP contribution in [0.25, 0.3) is 0 Å².